The van der Waals surface area contributed by atoms with E-state index in [9.17, 15) is 8.42 Å². The molecule has 1 saturated heterocycles. The fourth-order valence-electron chi connectivity index (χ4n) is 2.97. The minimum absolute atomic E-state index is 0.276. The van der Waals surface area contributed by atoms with Crippen LogP contribution >= 0.6 is 0 Å². The number of hydrogen-bond donors (Lipinski definition) is 1. The summed E-state index contributed by atoms with van der Waals surface area (Å²) in [5.41, 5.74) is 0.380. The smallest absolute Gasteiger partial charge is 0.214 e. The zero-order valence-corrected chi connectivity index (χ0v) is 14.4. The Bertz CT molecular complexity index is 365. The average molecular weight is 305 g/mol. The van der Waals surface area contributed by atoms with Gasteiger partial charge in [-0.25, -0.2) is 12.7 Å². The molecule has 1 rings (SSSR count). The SMILES string of the molecule is CCC1(CC)CCN(S(=O)(=O)CCCNC(C)C)CC1. The molecule has 0 radical (unpaired) electrons. The molecule has 0 unspecified atom stereocenters. The number of piperidine rings is 1. The van der Waals surface area contributed by atoms with Crippen LogP contribution in [0.25, 0.3) is 0 Å². The van der Waals surface area contributed by atoms with Crippen LogP contribution in [-0.4, -0.2) is 44.2 Å². The molecule has 1 aliphatic rings. The van der Waals surface area contributed by atoms with E-state index in [1.165, 1.54) is 0 Å². The first-order valence-electron chi connectivity index (χ1n) is 8.06. The quantitative estimate of drug-likeness (QED) is 0.701. The summed E-state index contributed by atoms with van der Waals surface area (Å²) in [6, 6.07) is 0.419. The largest absolute Gasteiger partial charge is 0.314 e. The molecular weight excluding hydrogens is 272 g/mol. The molecular formula is C15H32N2O2S. The van der Waals surface area contributed by atoms with E-state index in [0.717, 1.165) is 32.2 Å². The van der Waals surface area contributed by atoms with Gasteiger partial charge in [0.15, 0.2) is 0 Å². The Morgan fingerprint density at radius 1 is 1.15 bits per heavy atom. The summed E-state index contributed by atoms with van der Waals surface area (Å²) in [5, 5.41) is 3.27. The first-order chi connectivity index (χ1) is 9.35. The van der Waals surface area contributed by atoms with Gasteiger partial charge in [-0.2, -0.15) is 0 Å². The lowest BCUT2D eigenvalue weighted by molar-refractivity contribution is 0.141. The van der Waals surface area contributed by atoms with Gasteiger partial charge in [-0.3, -0.25) is 0 Å². The zero-order valence-electron chi connectivity index (χ0n) is 13.6. The van der Waals surface area contributed by atoms with Crippen molar-refractivity contribution in [1.82, 2.24) is 9.62 Å². The molecule has 0 atom stereocenters. The minimum Gasteiger partial charge on any atom is -0.314 e. The first-order valence-corrected chi connectivity index (χ1v) is 9.67. The van der Waals surface area contributed by atoms with Crippen LogP contribution in [0.5, 0.6) is 0 Å². The molecule has 0 aromatic carbocycles. The highest BCUT2D eigenvalue weighted by Gasteiger charge is 2.35. The molecule has 4 nitrogen and oxygen atoms in total. The number of nitrogens with one attached hydrogen (secondary N) is 1. The van der Waals surface area contributed by atoms with Gasteiger partial charge in [0.25, 0.3) is 0 Å². The van der Waals surface area contributed by atoms with Crippen LogP contribution in [0.4, 0.5) is 0 Å². The minimum atomic E-state index is -3.05. The summed E-state index contributed by atoms with van der Waals surface area (Å²) in [7, 11) is -3.05. The lowest BCUT2D eigenvalue weighted by Crippen LogP contribution is -2.44. The summed E-state index contributed by atoms with van der Waals surface area (Å²) in [5.74, 6) is 0.276. The molecule has 1 heterocycles. The van der Waals surface area contributed by atoms with E-state index in [0.29, 0.717) is 31.0 Å². The van der Waals surface area contributed by atoms with Crippen molar-refractivity contribution in [2.45, 2.75) is 65.8 Å². The van der Waals surface area contributed by atoms with E-state index in [1.807, 2.05) is 0 Å². The van der Waals surface area contributed by atoms with E-state index >= 15 is 0 Å². The van der Waals surface area contributed by atoms with Gasteiger partial charge in [-0.15, -0.1) is 0 Å². The van der Waals surface area contributed by atoms with Gasteiger partial charge < -0.3 is 5.32 Å². The van der Waals surface area contributed by atoms with Crippen LogP contribution < -0.4 is 5.32 Å². The van der Waals surface area contributed by atoms with Gasteiger partial charge in [0.05, 0.1) is 5.75 Å². The maximum Gasteiger partial charge on any atom is 0.214 e. The number of sulfonamides is 1. The lowest BCUT2D eigenvalue weighted by atomic mass is 9.75. The Morgan fingerprint density at radius 2 is 1.70 bits per heavy atom. The molecule has 0 spiro atoms. The Hall–Kier alpha value is -0.130. The first kappa shape index (κ1) is 17.9. The predicted octanol–water partition coefficient (Wildman–Crippen LogP) is 2.61. The number of nitrogens with zero attached hydrogens (tertiary/aromatic N) is 1. The number of hydrogen-bond acceptors (Lipinski definition) is 3. The maximum atomic E-state index is 12.3. The van der Waals surface area contributed by atoms with Gasteiger partial charge in [0, 0.05) is 19.1 Å². The molecule has 0 aromatic heterocycles. The molecule has 1 fully saturated rings. The molecule has 1 N–H and O–H groups in total. The van der Waals surface area contributed by atoms with Crippen molar-refractivity contribution in [1.29, 1.82) is 0 Å². The molecule has 5 heteroatoms. The second-order valence-electron chi connectivity index (χ2n) is 6.38. The van der Waals surface area contributed by atoms with Crippen LogP contribution in [0.15, 0.2) is 0 Å². The summed E-state index contributed by atoms with van der Waals surface area (Å²) < 4.78 is 26.3. The second-order valence-corrected chi connectivity index (χ2v) is 8.47. The van der Waals surface area contributed by atoms with E-state index in [-0.39, 0.29) is 5.75 Å². The van der Waals surface area contributed by atoms with Crippen molar-refractivity contribution in [3.8, 4) is 0 Å². The van der Waals surface area contributed by atoms with Crippen LogP contribution in [-0.2, 0) is 10.0 Å². The van der Waals surface area contributed by atoms with Crippen molar-refractivity contribution in [3.63, 3.8) is 0 Å². The normalized spacial score (nSPS) is 20.4. The Balaban J connectivity index is 2.42. The molecule has 20 heavy (non-hydrogen) atoms. The van der Waals surface area contributed by atoms with Gasteiger partial charge >= 0.3 is 0 Å². The lowest BCUT2D eigenvalue weighted by Gasteiger charge is -2.40. The van der Waals surface area contributed by atoms with Crippen LogP contribution in [0.1, 0.15) is 59.8 Å². The highest BCUT2D eigenvalue weighted by molar-refractivity contribution is 7.89. The molecule has 0 amide bonds. The fourth-order valence-corrected chi connectivity index (χ4v) is 4.48. The molecule has 1 aliphatic heterocycles. The van der Waals surface area contributed by atoms with Gasteiger partial charge in [0.2, 0.25) is 10.0 Å². The highest BCUT2D eigenvalue weighted by Crippen LogP contribution is 2.38. The van der Waals surface area contributed by atoms with Crippen molar-refractivity contribution in [2.24, 2.45) is 5.41 Å². The van der Waals surface area contributed by atoms with E-state index in [1.54, 1.807) is 4.31 Å². The standard InChI is InChI=1S/C15H32N2O2S/c1-5-15(6-2)8-11-17(12-9-15)20(18,19)13-7-10-16-14(3)4/h14,16H,5-13H2,1-4H3. The second kappa shape index (κ2) is 7.76. The maximum absolute atomic E-state index is 12.3. The van der Waals surface area contributed by atoms with Crippen molar-refractivity contribution >= 4 is 10.0 Å². The molecule has 0 bridgehead atoms. The third kappa shape index (κ3) is 5.01. The summed E-state index contributed by atoms with van der Waals surface area (Å²) in [6.07, 6.45) is 5.06. The summed E-state index contributed by atoms with van der Waals surface area (Å²) in [4.78, 5) is 0. The third-order valence-electron chi connectivity index (χ3n) is 4.81. The Kier molecular flexibility index (Phi) is 6.95. The summed E-state index contributed by atoms with van der Waals surface area (Å²) >= 11 is 0. The molecule has 0 saturated carbocycles. The van der Waals surface area contributed by atoms with Gasteiger partial charge in [-0.1, -0.05) is 40.5 Å². The molecule has 120 valence electrons. The number of rotatable bonds is 8. The van der Waals surface area contributed by atoms with Crippen LogP contribution in [0.2, 0.25) is 0 Å². The average Bonchev–Trinajstić information content (AvgIpc) is 2.43. The monoisotopic (exact) mass is 304 g/mol. The summed E-state index contributed by atoms with van der Waals surface area (Å²) in [6.45, 7) is 10.8. The molecule has 0 aromatic rings. The molecule has 0 aliphatic carbocycles. The third-order valence-corrected chi connectivity index (χ3v) is 6.76. The van der Waals surface area contributed by atoms with Gasteiger partial charge in [0.1, 0.15) is 0 Å². The zero-order chi connectivity index (χ0) is 15.2. The predicted molar refractivity (Wildman–Crippen MR) is 85.4 cm³/mol. The van der Waals surface area contributed by atoms with Crippen molar-refractivity contribution in [2.75, 3.05) is 25.4 Å². The fraction of sp³-hybridized carbons (Fsp3) is 1.00. The van der Waals surface area contributed by atoms with E-state index in [2.05, 4.69) is 33.0 Å². The topological polar surface area (TPSA) is 49.4 Å². The van der Waals surface area contributed by atoms with Crippen molar-refractivity contribution < 1.29 is 8.42 Å². The van der Waals surface area contributed by atoms with Crippen molar-refractivity contribution in [3.05, 3.63) is 0 Å². The highest BCUT2D eigenvalue weighted by atomic mass is 32.2. The van der Waals surface area contributed by atoms with Gasteiger partial charge in [-0.05, 0) is 31.2 Å². The van der Waals surface area contributed by atoms with Crippen LogP contribution in [0.3, 0.4) is 0 Å². The van der Waals surface area contributed by atoms with E-state index in [4.69, 9.17) is 0 Å². The van der Waals surface area contributed by atoms with E-state index < -0.39 is 10.0 Å². The van der Waals surface area contributed by atoms with Crippen LogP contribution in [0, 0.1) is 5.41 Å². The Labute approximate surface area is 125 Å². The Morgan fingerprint density at radius 3 is 2.15 bits per heavy atom.